The predicted molar refractivity (Wildman–Crippen MR) is 133 cm³/mol. The maximum absolute atomic E-state index is 13.2. The van der Waals surface area contributed by atoms with E-state index in [1.54, 1.807) is 54.6 Å². The number of carbonyl (C=O) groups excluding carboxylic acids is 2. The number of sulfonamides is 1. The Bertz CT molecular complexity index is 1290. The number of anilines is 1. The molecule has 184 valence electrons. The Labute approximate surface area is 205 Å². The van der Waals surface area contributed by atoms with Crippen LogP contribution in [0.25, 0.3) is 0 Å². The maximum atomic E-state index is 13.2. The highest BCUT2D eigenvalue weighted by Gasteiger charge is 2.29. The van der Waals surface area contributed by atoms with Gasteiger partial charge in [-0.1, -0.05) is 54.1 Å². The molecule has 0 aliphatic heterocycles. The third-order valence-corrected chi connectivity index (χ3v) is 7.10. The molecular formula is C26H28N2O6S. The Morgan fingerprint density at radius 3 is 2.20 bits per heavy atom. The Kier molecular flexibility index (Phi) is 8.26. The van der Waals surface area contributed by atoms with Crippen LogP contribution in [-0.4, -0.2) is 45.3 Å². The van der Waals surface area contributed by atoms with Crippen molar-refractivity contribution in [2.24, 2.45) is 0 Å². The van der Waals surface area contributed by atoms with Gasteiger partial charge in [-0.25, -0.2) is 8.42 Å². The molecule has 0 aliphatic carbocycles. The number of likely N-dealkylation sites (N-methyl/N-ethyl adjacent to an activating group) is 1. The minimum atomic E-state index is -3.92. The van der Waals surface area contributed by atoms with E-state index in [9.17, 15) is 18.0 Å². The fourth-order valence-electron chi connectivity index (χ4n) is 3.34. The van der Waals surface area contributed by atoms with Crippen LogP contribution in [0.5, 0.6) is 5.75 Å². The minimum Gasteiger partial charge on any atom is -0.495 e. The Morgan fingerprint density at radius 2 is 1.57 bits per heavy atom. The molecule has 9 heteroatoms. The summed E-state index contributed by atoms with van der Waals surface area (Å²) < 4.78 is 37.4. The molecule has 3 aromatic rings. The molecule has 0 fully saturated rings. The summed E-state index contributed by atoms with van der Waals surface area (Å²) >= 11 is 0. The van der Waals surface area contributed by atoms with Gasteiger partial charge in [0.15, 0.2) is 0 Å². The Morgan fingerprint density at radius 1 is 0.943 bits per heavy atom. The lowest BCUT2D eigenvalue weighted by Gasteiger charge is -2.21. The van der Waals surface area contributed by atoms with Crippen molar-refractivity contribution in [2.45, 2.75) is 24.8 Å². The second kappa shape index (κ2) is 11.2. The zero-order chi connectivity index (χ0) is 25.6. The van der Waals surface area contributed by atoms with Crippen LogP contribution >= 0.6 is 0 Å². The molecule has 0 saturated heterocycles. The van der Waals surface area contributed by atoms with Crippen molar-refractivity contribution in [2.75, 3.05) is 26.0 Å². The normalized spacial score (nSPS) is 12.1. The van der Waals surface area contributed by atoms with Crippen molar-refractivity contribution in [3.63, 3.8) is 0 Å². The summed E-state index contributed by atoms with van der Waals surface area (Å²) in [5, 5.41) is 2.75. The van der Waals surface area contributed by atoms with Crippen LogP contribution in [0.15, 0.2) is 77.7 Å². The molecule has 0 aliphatic rings. The first-order valence-electron chi connectivity index (χ1n) is 10.8. The van der Waals surface area contributed by atoms with Crippen molar-refractivity contribution in [1.29, 1.82) is 0 Å². The third-order valence-electron chi connectivity index (χ3n) is 5.28. The van der Waals surface area contributed by atoms with Crippen molar-refractivity contribution in [1.82, 2.24) is 4.31 Å². The first-order valence-corrected chi connectivity index (χ1v) is 12.3. The number of methoxy groups -OCH3 is 1. The van der Waals surface area contributed by atoms with Crippen molar-refractivity contribution >= 4 is 27.6 Å². The van der Waals surface area contributed by atoms with Crippen molar-refractivity contribution in [3.8, 4) is 5.75 Å². The van der Waals surface area contributed by atoms with Gasteiger partial charge >= 0.3 is 5.97 Å². The molecule has 1 N–H and O–H groups in total. The molecule has 1 unspecified atom stereocenters. The summed E-state index contributed by atoms with van der Waals surface area (Å²) in [7, 11) is -1.15. The first-order chi connectivity index (χ1) is 16.6. The number of rotatable bonds is 9. The molecule has 3 rings (SSSR count). The molecule has 35 heavy (non-hydrogen) atoms. The van der Waals surface area contributed by atoms with Crippen LogP contribution in [0.3, 0.4) is 0 Å². The Hall–Kier alpha value is -3.69. The largest absolute Gasteiger partial charge is 0.495 e. The number of benzene rings is 3. The molecule has 3 aromatic carbocycles. The topological polar surface area (TPSA) is 102 Å². The number of hydrogen-bond acceptors (Lipinski definition) is 6. The van der Waals surface area contributed by atoms with E-state index in [0.717, 1.165) is 15.4 Å². The number of hydrogen-bond donors (Lipinski definition) is 1. The van der Waals surface area contributed by atoms with Crippen LogP contribution in [0.1, 0.15) is 22.8 Å². The summed E-state index contributed by atoms with van der Waals surface area (Å²) in [4.78, 5) is 26.0. The highest BCUT2D eigenvalue weighted by Crippen LogP contribution is 2.28. The summed E-state index contributed by atoms with van der Waals surface area (Å²) in [5.74, 6) is -1.02. The SMILES string of the molecule is COc1ccc(C)cc1NC(=O)C(OC(=O)CN(C)S(=O)(=O)c1ccc(C)cc1)c1ccccc1. The van der Waals surface area contributed by atoms with Crippen LogP contribution in [0.2, 0.25) is 0 Å². The second-order valence-electron chi connectivity index (χ2n) is 8.05. The average Bonchev–Trinajstić information content (AvgIpc) is 2.83. The lowest BCUT2D eigenvalue weighted by atomic mass is 10.1. The van der Waals surface area contributed by atoms with E-state index < -0.39 is 34.5 Å². The highest BCUT2D eigenvalue weighted by molar-refractivity contribution is 7.89. The fourth-order valence-corrected chi connectivity index (χ4v) is 4.46. The number of ether oxygens (including phenoxy) is 2. The van der Waals surface area contributed by atoms with Gasteiger partial charge in [-0.15, -0.1) is 0 Å². The van der Waals surface area contributed by atoms with Crippen molar-refractivity contribution < 1.29 is 27.5 Å². The Balaban J connectivity index is 1.79. The van der Waals surface area contributed by atoms with Gasteiger partial charge in [0.25, 0.3) is 5.91 Å². The van der Waals surface area contributed by atoms with Gasteiger partial charge in [-0.2, -0.15) is 4.31 Å². The number of nitrogens with zero attached hydrogens (tertiary/aromatic N) is 1. The number of esters is 1. The maximum Gasteiger partial charge on any atom is 0.322 e. The van der Waals surface area contributed by atoms with Gasteiger partial charge < -0.3 is 14.8 Å². The van der Waals surface area contributed by atoms with Gasteiger partial charge in [0.2, 0.25) is 16.1 Å². The van der Waals surface area contributed by atoms with Crippen LogP contribution < -0.4 is 10.1 Å². The molecule has 1 atom stereocenters. The van der Waals surface area contributed by atoms with Gasteiger partial charge in [0.05, 0.1) is 17.7 Å². The molecule has 8 nitrogen and oxygen atoms in total. The zero-order valence-electron chi connectivity index (χ0n) is 20.0. The quantitative estimate of drug-likeness (QED) is 0.452. The fraction of sp³-hybridized carbons (Fsp3) is 0.231. The van der Waals surface area contributed by atoms with E-state index in [1.807, 2.05) is 19.9 Å². The smallest absolute Gasteiger partial charge is 0.322 e. The van der Waals surface area contributed by atoms with E-state index in [2.05, 4.69) is 5.32 Å². The van der Waals surface area contributed by atoms with Gasteiger partial charge in [-0.3, -0.25) is 9.59 Å². The molecule has 0 radical (unpaired) electrons. The number of amides is 1. The predicted octanol–water partition coefficient (Wildman–Crippen LogP) is 3.86. The first kappa shape index (κ1) is 25.9. The molecule has 0 bridgehead atoms. The molecule has 0 saturated carbocycles. The van der Waals surface area contributed by atoms with Gasteiger partial charge in [0.1, 0.15) is 12.3 Å². The molecule has 0 aromatic heterocycles. The molecular weight excluding hydrogens is 468 g/mol. The second-order valence-corrected chi connectivity index (χ2v) is 10.1. The third kappa shape index (κ3) is 6.46. The average molecular weight is 497 g/mol. The molecule has 0 spiro atoms. The lowest BCUT2D eigenvalue weighted by molar-refractivity contribution is -0.154. The molecule has 0 heterocycles. The van der Waals surface area contributed by atoms with Crippen LogP contribution in [0, 0.1) is 13.8 Å². The van der Waals surface area contributed by atoms with Crippen LogP contribution in [0.4, 0.5) is 5.69 Å². The minimum absolute atomic E-state index is 0.0577. The van der Waals surface area contributed by atoms with E-state index in [-0.39, 0.29) is 4.90 Å². The van der Waals surface area contributed by atoms with E-state index in [4.69, 9.17) is 9.47 Å². The summed E-state index contributed by atoms with van der Waals surface area (Å²) in [5.41, 5.74) is 2.67. The van der Waals surface area contributed by atoms with Gasteiger partial charge in [-0.05, 0) is 43.7 Å². The van der Waals surface area contributed by atoms with Gasteiger partial charge in [0, 0.05) is 12.6 Å². The van der Waals surface area contributed by atoms with Crippen molar-refractivity contribution in [3.05, 3.63) is 89.5 Å². The zero-order valence-corrected chi connectivity index (χ0v) is 20.8. The number of aryl methyl sites for hydroxylation is 2. The van der Waals surface area contributed by atoms with Crippen LogP contribution in [-0.2, 0) is 24.3 Å². The lowest BCUT2D eigenvalue weighted by Crippen LogP contribution is -2.35. The number of carbonyl (C=O) groups is 2. The van der Waals surface area contributed by atoms with E-state index in [1.165, 1.54) is 26.3 Å². The van der Waals surface area contributed by atoms with E-state index in [0.29, 0.717) is 17.0 Å². The molecule has 1 amide bonds. The summed E-state index contributed by atoms with van der Waals surface area (Å²) in [6, 6.07) is 20.1. The summed E-state index contributed by atoms with van der Waals surface area (Å²) in [6.45, 7) is 3.15. The summed E-state index contributed by atoms with van der Waals surface area (Å²) in [6.07, 6.45) is -1.30. The monoisotopic (exact) mass is 496 g/mol. The number of nitrogens with one attached hydrogen (secondary N) is 1. The van der Waals surface area contributed by atoms with E-state index >= 15 is 0 Å². The highest BCUT2D eigenvalue weighted by atomic mass is 32.2. The standard InChI is InChI=1S/C26H28N2O6S/c1-18-10-13-21(14-11-18)35(31,32)28(3)17-24(29)34-25(20-8-6-5-7-9-20)26(30)27-22-16-19(2)12-15-23(22)33-4/h5-16,25H,17H2,1-4H3,(H,27,30).